The molecule has 1 aliphatic rings. The van der Waals surface area contributed by atoms with Crippen LogP contribution < -0.4 is 4.74 Å². The number of fused-ring (bicyclic) bond motifs is 1. The summed E-state index contributed by atoms with van der Waals surface area (Å²) in [6.07, 6.45) is 0.265. The van der Waals surface area contributed by atoms with Gasteiger partial charge in [0.1, 0.15) is 11.9 Å². The highest BCUT2D eigenvalue weighted by molar-refractivity contribution is 5.37. The number of hydrogen-bond donors (Lipinski definition) is 0. The van der Waals surface area contributed by atoms with Gasteiger partial charge in [0.05, 0.1) is 12.7 Å². The van der Waals surface area contributed by atoms with Crippen LogP contribution in [0.25, 0.3) is 0 Å². The van der Waals surface area contributed by atoms with E-state index < -0.39 is 0 Å². The second-order valence-electron chi connectivity index (χ2n) is 5.44. The SMILES string of the molecule is C[C@H]1[C@H](C)Oc2ccccc2[C@@H]1OCc1ccccc1. The van der Waals surface area contributed by atoms with Crippen molar-refractivity contribution < 1.29 is 9.47 Å². The lowest BCUT2D eigenvalue weighted by Gasteiger charge is -2.36. The van der Waals surface area contributed by atoms with E-state index in [4.69, 9.17) is 9.47 Å². The minimum absolute atomic E-state index is 0.0927. The summed E-state index contributed by atoms with van der Waals surface area (Å²) in [4.78, 5) is 0. The van der Waals surface area contributed by atoms with Gasteiger partial charge < -0.3 is 9.47 Å². The molecule has 2 nitrogen and oxygen atoms in total. The lowest BCUT2D eigenvalue weighted by Crippen LogP contribution is -2.33. The fourth-order valence-corrected chi connectivity index (χ4v) is 2.66. The zero-order valence-electron chi connectivity index (χ0n) is 12.0. The molecule has 0 unspecified atom stereocenters. The average Bonchev–Trinajstić information content (AvgIpc) is 2.49. The van der Waals surface area contributed by atoms with E-state index in [1.54, 1.807) is 0 Å². The van der Waals surface area contributed by atoms with Gasteiger partial charge in [-0.3, -0.25) is 0 Å². The van der Waals surface area contributed by atoms with Crippen LogP contribution in [-0.2, 0) is 11.3 Å². The maximum absolute atomic E-state index is 6.20. The summed E-state index contributed by atoms with van der Waals surface area (Å²) < 4.78 is 12.1. The molecule has 1 aliphatic heterocycles. The normalized spacial score (nSPS) is 24.8. The zero-order valence-corrected chi connectivity index (χ0v) is 12.0. The van der Waals surface area contributed by atoms with E-state index in [1.165, 1.54) is 5.56 Å². The Morgan fingerprint density at radius 2 is 1.65 bits per heavy atom. The number of benzene rings is 2. The molecule has 2 heteroatoms. The molecule has 3 atom stereocenters. The first kappa shape index (κ1) is 13.2. The van der Waals surface area contributed by atoms with Crippen LogP contribution in [-0.4, -0.2) is 6.10 Å². The van der Waals surface area contributed by atoms with Crippen molar-refractivity contribution in [2.45, 2.75) is 32.7 Å². The highest BCUT2D eigenvalue weighted by Gasteiger charge is 2.33. The van der Waals surface area contributed by atoms with Gasteiger partial charge >= 0.3 is 0 Å². The van der Waals surface area contributed by atoms with Gasteiger partial charge in [-0.25, -0.2) is 0 Å². The summed E-state index contributed by atoms with van der Waals surface area (Å²) in [5, 5.41) is 0. The molecule has 0 spiro atoms. The standard InChI is InChI=1S/C18H20O2/c1-13-14(2)20-17-11-7-6-10-16(17)18(13)19-12-15-8-4-3-5-9-15/h3-11,13-14,18H,12H2,1-2H3/t13-,14-,18+/m0/s1. The molecule has 0 aliphatic carbocycles. The van der Waals surface area contributed by atoms with Crippen molar-refractivity contribution in [1.29, 1.82) is 0 Å². The van der Waals surface area contributed by atoms with Crippen molar-refractivity contribution in [2.75, 3.05) is 0 Å². The number of hydrogen-bond acceptors (Lipinski definition) is 2. The summed E-state index contributed by atoms with van der Waals surface area (Å²) in [6.45, 7) is 4.94. The lowest BCUT2D eigenvalue weighted by atomic mass is 9.89. The van der Waals surface area contributed by atoms with Crippen LogP contribution in [0.15, 0.2) is 54.6 Å². The van der Waals surface area contributed by atoms with Crippen molar-refractivity contribution >= 4 is 0 Å². The van der Waals surface area contributed by atoms with Gasteiger partial charge in [0.2, 0.25) is 0 Å². The molecule has 0 N–H and O–H groups in total. The van der Waals surface area contributed by atoms with Crippen molar-refractivity contribution in [3.8, 4) is 5.75 Å². The Labute approximate surface area is 120 Å². The van der Waals surface area contributed by atoms with Gasteiger partial charge in [0.15, 0.2) is 0 Å². The van der Waals surface area contributed by atoms with Gasteiger partial charge in [0.25, 0.3) is 0 Å². The van der Waals surface area contributed by atoms with Crippen LogP contribution in [0.5, 0.6) is 5.75 Å². The quantitative estimate of drug-likeness (QED) is 0.823. The lowest BCUT2D eigenvalue weighted by molar-refractivity contribution is -0.0463. The molecule has 0 radical (unpaired) electrons. The summed E-state index contributed by atoms with van der Waals surface area (Å²) in [6, 6.07) is 18.5. The van der Waals surface area contributed by atoms with Crippen LogP contribution in [0, 0.1) is 5.92 Å². The molecule has 20 heavy (non-hydrogen) atoms. The molecule has 0 saturated heterocycles. The molecule has 2 aromatic carbocycles. The van der Waals surface area contributed by atoms with E-state index >= 15 is 0 Å². The molecule has 1 heterocycles. The fraction of sp³-hybridized carbons (Fsp3) is 0.333. The largest absolute Gasteiger partial charge is 0.490 e. The Hall–Kier alpha value is -1.80. The number of ether oxygens (including phenoxy) is 2. The predicted octanol–water partition coefficient (Wildman–Crippen LogP) is 4.36. The Kier molecular flexibility index (Phi) is 3.75. The molecule has 0 amide bonds. The first-order valence-corrected chi connectivity index (χ1v) is 7.17. The summed E-state index contributed by atoms with van der Waals surface area (Å²) in [7, 11) is 0. The fourth-order valence-electron chi connectivity index (χ4n) is 2.66. The van der Waals surface area contributed by atoms with Crippen molar-refractivity contribution in [2.24, 2.45) is 5.92 Å². The van der Waals surface area contributed by atoms with Crippen LogP contribution in [0.4, 0.5) is 0 Å². The predicted molar refractivity (Wildman–Crippen MR) is 79.7 cm³/mol. The van der Waals surface area contributed by atoms with Gasteiger partial charge in [-0.2, -0.15) is 0 Å². The Bertz CT molecular complexity index is 565. The van der Waals surface area contributed by atoms with Crippen LogP contribution in [0.1, 0.15) is 31.1 Å². The summed E-state index contributed by atoms with van der Waals surface area (Å²) >= 11 is 0. The third-order valence-electron chi connectivity index (χ3n) is 4.03. The highest BCUT2D eigenvalue weighted by atomic mass is 16.5. The Balaban J connectivity index is 1.81. The molecule has 2 aromatic rings. The second kappa shape index (κ2) is 5.68. The molecule has 0 saturated carbocycles. The third kappa shape index (κ3) is 2.56. The van der Waals surface area contributed by atoms with Crippen LogP contribution in [0.3, 0.4) is 0 Å². The van der Waals surface area contributed by atoms with Crippen LogP contribution in [0.2, 0.25) is 0 Å². The van der Waals surface area contributed by atoms with Crippen LogP contribution >= 0.6 is 0 Å². The Morgan fingerprint density at radius 1 is 0.950 bits per heavy atom. The summed E-state index contributed by atoms with van der Waals surface area (Å²) in [5.41, 5.74) is 2.37. The van der Waals surface area contributed by atoms with Crippen molar-refractivity contribution in [1.82, 2.24) is 0 Å². The monoisotopic (exact) mass is 268 g/mol. The number of rotatable bonds is 3. The molecular weight excluding hydrogens is 248 g/mol. The summed E-state index contributed by atoms with van der Waals surface area (Å²) in [5.74, 6) is 1.30. The van der Waals surface area contributed by atoms with E-state index in [0.717, 1.165) is 11.3 Å². The number of para-hydroxylation sites is 1. The zero-order chi connectivity index (χ0) is 13.9. The van der Waals surface area contributed by atoms with E-state index in [9.17, 15) is 0 Å². The molecule has 3 rings (SSSR count). The van der Waals surface area contributed by atoms with Gasteiger partial charge in [-0.05, 0) is 18.6 Å². The van der Waals surface area contributed by atoms with E-state index in [1.807, 2.05) is 36.4 Å². The average molecular weight is 268 g/mol. The maximum Gasteiger partial charge on any atom is 0.125 e. The Morgan fingerprint density at radius 3 is 2.45 bits per heavy atom. The molecule has 0 aromatic heterocycles. The van der Waals surface area contributed by atoms with Gasteiger partial charge in [-0.1, -0.05) is 55.5 Å². The maximum atomic E-state index is 6.20. The van der Waals surface area contributed by atoms with Gasteiger partial charge in [0, 0.05) is 11.5 Å². The first-order valence-electron chi connectivity index (χ1n) is 7.17. The first-order chi connectivity index (χ1) is 9.75. The highest BCUT2D eigenvalue weighted by Crippen LogP contribution is 2.40. The van der Waals surface area contributed by atoms with E-state index in [0.29, 0.717) is 12.5 Å². The topological polar surface area (TPSA) is 18.5 Å². The molecule has 0 fully saturated rings. The molecule has 0 bridgehead atoms. The minimum Gasteiger partial charge on any atom is -0.490 e. The smallest absolute Gasteiger partial charge is 0.125 e. The van der Waals surface area contributed by atoms with E-state index in [-0.39, 0.29) is 12.2 Å². The molecular formula is C18H20O2. The minimum atomic E-state index is 0.0927. The van der Waals surface area contributed by atoms with Crippen molar-refractivity contribution in [3.63, 3.8) is 0 Å². The third-order valence-corrected chi connectivity index (χ3v) is 4.03. The van der Waals surface area contributed by atoms with E-state index in [2.05, 4.69) is 32.0 Å². The molecule has 104 valence electrons. The van der Waals surface area contributed by atoms with Crippen molar-refractivity contribution in [3.05, 3.63) is 65.7 Å². The van der Waals surface area contributed by atoms with Gasteiger partial charge in [-0.15, -0.1) is 0 Å². The second-order valence-corrected chi connectivity index (χ2v) is 5.44.